The van der Waals surface area contributed by atoms with Crippen molar-refractivity contribution >= 4 is 17.6 Å². The number of carboxylic acid groups (broad SMARTS) is 1. The lowest BCUT2D eigenvalue weighted by atomic mass is 10.1. The molecule has 1 fully saturated rings. The molecule has 1 atom stereocenters. The molecular weight excluding hydrogens is 479 g/mol. The van der Waals surface area contributed by atoms with E-state index in [9.17, 15) is 18.0 Å². The molecule has 36 heavy (non-hydrogen) atoms. The zero-order valence-electron chi connectivity index (χ0n) is 19.8. The van der Waals surface area contributed by atoms with Gasteiger partial charge in [-0.15, -0.1) is 0 Å². The smallest absolute Gasteiger partial charge is 0.475 e. The number of anilines is 1. The fourth-order valence-corrected chi connectivity index (χ4v) is 3.79. The summed E-state index contributed by atoms with van der Waals surface area (Å²) in [5, 5.41) is 11.1. The summed E-state index contributed by atoms with van der Waals surface area (Å²) < 4.78 is 37.0. The van der Waals surface area contributed by atoms with Gasteiger partial charge in [0.25, 0.3) is 0 Å². The lowest BCUT2D eigenvalue weighted by molar-refractivity contribution is -0.192. The van der Waals surface area contributed by atoms with Gasteiger partial charge >= 0.3 is 12.1 Å². The minimum absolute atomic E-state index is 0.128. The van der Waals surface area contributed by atoms with Crippen LogP contribution in [0.3, 0.4) is 0 Å². The average molecular weight is 505 g/mol. The van der Waals surface area contributed by atoms with E-state index in [0.717, 1.165) is 25.2 Å². The Kier molecular flexibility index (Phi) is 8.62. The molecule has 4 rings (SSSR count). The highest BCUT2D eigenvalue weighted by molar-refractivity contribution is 5.77. The number of pyridine rings is 1. The molecule has 3 aromatic rings. The van der Waals surface area contributed by atoms with Crippen LogP contribution in [0.15, 0.2) is 53.3 Å². The molecule has 0 spiro atoms. The number of benzene rings is 1. The summed E-state index contributed by atoms with van der Waals surface area (Å²) in [5.41, 5.74) is 3.32. The molecule has 12 heteroatoms. The normalized spacial score (nSPS) is 15.8. The van der Waals surface area contributed by atoms with Crippen LogP contribution in [-0.4, -0.2) is 68.9 Å². The predicted octanol–water partition coefficient (Wildman–Crippen LogP) is 3.74. The quantitative estimate of drug-likeness (QED) is 0.558. The van der Waals surface area contributed by atoms with Crippen molar-refractivity contribution in [2.45, 2.75) is 38.9 Å². The molecule has 0 saturated carbocycles. The van der Waals surface area contributed by atoms with E-state index in [1.165, 1.54) is 11.3 Å². The van der Waals surface area contributed by atoms with Gasteiger partial charge in [-0.3, -0.25) is 9.78 Å². The molecule has 2 aromatic heterocycles. The van der Waals surface area contributed by atoms with E-state index in [0.29, 0.717) is 24.6 Å². The number of hydrogen-bond acceptors (Lipinski definition) is 7. The fraction of sp³-hybridized carbons (Fsp3) is 0.375. The van der Waals surface area contributed by atoms with E-state index in [4.69, 9.17) is 14.4 Å². The van der Waals surface area contributed by atoms with Crippen LogP contribution in [0.1, 0.15) is 24.8 Å². The van der Waals surface area contributed by atoms with Gasteiger partial charge in [-0.1, -0.05) is 23.4 Å². The molecule has 0 aliphatic carbocycles. The third-order valence-corrected chi connectivity index (χ3v) is 5.59. The maximum atomic E-state index is 12.8. The summed E-state index contributed by atoms with van der Waals surface area (Å²) in [6.45, 7) is 6.63. The van der Waals surface area contributed by atoms with E-state index in [-0.39, 0.29) is 11.9 Å². The Morgan fingerprint density at radius 1 is 1.17 bits per heavy atom. The molecule has 1 aliphatic rings. The number of hydrogen-bond donors (Lipinski definition) is 1. The Morgan fingerprint density at radius 2 is 1.89 bits per heavy atom. The summed E-state index contributed by atoms with van der Waals surface area (Å²) >= 11 is 0. The molecule has 1 amide bonds. The number of alkyl halides is 3. The number of halogens is 3. The molecule has 1 aliphatic heterocycles. The highest BCUT2D eigenvalue weighted by Gasteiger charge is 2.38. The van der Waals surface area contributed by atoms with Crippen LogP contribution in [0.5, 0.6) is 0 Å². The Morgan fingerprint density at radius 3 is 2.50 bits per heavy atom. The second-order valence-electron chi connectivity index (χ2n) is 8.22. The van der Waals surface area contributed by atoms with Crippen LogP contribution in [0.4, 0.5) is 18.9 Å². The molecular formula is C24H26F3N5O4. The van der Waals surface area contributed by atoms with Gasteiger partial charge in [-0.25, -0.2) is 4.79 Å². The van der Waals surface area contributed by atoms with E-state index >= 15 is 0 Å². The summed E-state index contributed by atoms with van der Waals surface area (Å²) in [5.74, 6) is -1.65. The molecule has 1 aromatic carbocycles. The lowest BCUT2D eigenvalue weighted by Crippen LogP contribution is -2.54. The average Bonchev–Trinajstić information content (AvgIpc) is 3.32. The maximum Gasteiger partial charge on any atom is 0.490 e. The first kappa shape index (κ1) is 26.6. The summed E-state index contributed by atoms with van der Waals surface area (Å²) in [6, 6.07) is 12.3. The topological polar surface area (TPSA) is 113 Å². The first-order valence-corrected chi connectivity index (χ1v) is 11.2. The second-order valence-corrected chi connectivity index (χ2v) is 8.22. The number of para-hydroxylation sites is 1. The number of carboxylic acids is 1. The molecule has 9 nitrogen and oxygen atoms in total. The largest absolute Gasteiger partial charge is 0.490 e. The SMILES string of the molecule is Cc1ccccc1N1CCN(C(=O)CCc2nc(-c3cccnc3)no2)C(C)C1.O=C(O)C(F)(F)F. The third-order valence-electron chi connectivity index (χ3n) is 5.59. The fourth-order valence-electron chi connectivity index (χ4n) is 3.79. The Hall–Kier alpha value is -3.96. The Labute approximate surface area is 205 Å². The minimum atomic E-state index is -5.08. The molecule has 0 radical (unpaired) electrons. The van der Waals surface area contributed by atoms with Gasteiger partial charge in [0, 0.05) is 62.2 Å². The van der Waals surface area contributed by atoms with Crippen LogP contribution >= 0.6 is 0 Å². The molecule has 3 heterocycles. The number of carbonyl (C=O) groups excluding carboxylic acids is 1. The first-order chi connectivity index (χ1) is 17.1. The van der Waals surface area contributed by atoms with Crippen LogP contribution in [0.2, 0.25) is 0 Å². The van der Waals surface area contributed by atoms with E-state index in [1.807, 2.05) is 17.0 Å². The van der Waals surface area contributed by atoms with Crippen molar-refractivity contribution in [2.75, 3.05) is 24.5 Å². The van der Waals surface area contributed by atoms with Gasteiger partial charge in [-0.2, -0.15) is 18.2 Å². The van der Waals surface area contributed by atoms with Crippen molar-refractivity contribution in [3.63, 3.8) is 0 Å². The van der Waals surface area contributed by atoms with E-state index in [2.05, 4.69) is 58.1 Å². The van der Waals surface area contributed by atoms with Crippen molar-refractivity contribution in [2.24, 2.45) is 0 Å². The second kappa shape index (κ2) is 11.6. The van der Waals surface area contributed by atoms with Gasteiger partial charge in [-0.05, 0) is 37.6 Å². The summed E-state index contributed by atoms with van der Waals surface area (Å²) in [6.07, 6.45) is -0.890. The first-order valence-electron chi connectivity index (χ1n) is 11.2. The molecule has 1 saturated heterocycles. The van der Waals surface area contributed by atoms with Crippen molar-refractivity contribution < 1.29 is 32.4 Å². The Balaban J connectivity index is 0.000000454. The predicted molar refractivity (Wildman–Crippen MR) is 124 cm³/mol. The van der Waals surface area contributed by atoms with Gasteiger partial charge in [0.15, 0.2) is 0 Å². The number of amides is 1. The number of aryl methyl sites for hydroxylation is 2. The third kappa shape index (κ3) is 7.03. The number of rotatable bonds is 5. The van der Waals surface area contributed by atoms with E-state index < -0.39 is 12.1 Å². The minimum Gasteiger partial charge on any atom is -0.475 e. The van der Waals surface area contributed by atoms with E-state index in [1.54, 1.807) is 12.4 Å². The Bertz CT molecular complexity index is 1170. The van der Waals surface area contributed by atoms with Gasteiger partial charge in [0.2, 0.25) is 17.6 Å². The number of carbonyl (C=O) groups is 2. The van der Waals surface area contributed by atoms with Crippen molar-refractivity contribution in [3.8, 4) is 11.4 Å². The standard InChI is InChI=1S/C22H25N5O2.C2HF3O2/c1-16-6-3-4-8-19(16)26-12-13-27(17(2)15-26)21(28)10-9-20-24-22(25-29-20)18-7-5-11-23-14-18;3-2(4,5)1(6)7/h3-8,11,14,17H,9-10,12-13,15H2,1-2H3;(H,6,7). The van der Waals surface area contributed by atoms with Gasteiger partial charge in [0.1, 0.15) is 0 Å². The number of nitrogens with zero attached hydrogens (tertiary/aromatic N) is 5. The van der Waals surface area contributed by atoms with Crippen molar-refractivity contribution in [3.05, 3.63) is 60.2 Å². The monoisotopic (exact) mass is 505 g/mol. The molecule has 0 bridgehead atoms. The van der Waals surface area contributed by atoms with Crippen LogP contribution in [0.25, 0.3) is 11.4 Å². The van der Waals surface area contributed by atoms with Crippen molar-refractivity contribution in [1.82, 2.24) is 20.0 Å². The maximum absolute atomic E-state index is 12.8. The van der Waals surface area contributed by atoms with Gasteiger partial charge < -0.3 is 19.4 Å². The number of aromatic nitrogens is 3. The molecule has 1 N–H and O–H groups in total. The van der Waals surface area contributed by atoms with Crippen LogP contribution < -0.4 is 4.90 Å². The van der Waals surface area contributed by atoms with Crippen molar-refractivity contribution in [1.29, 1.82) is 0 Å². The summed E-state index contributed by atoms with van der Waals surface area (Å²) in [4.78, 5) is 34.4. The highest BCUT2D eigenvalue weighted by Crippen LogP contribution is 2.23. The lowest BCUT2D eigenvalue weighted by Gasteiger charge is -2.41. The van der Waals surface area contributed by atoms with Crippen LogP contribution in [-0.2, 0) is 16.0 Å². The molecule has 1 unspecified atom stereocenters. The zero-order valence-corrected chi connectivity index (χ0v) is 19.8. The van der Waals surface area contributed by atoms with Gasteiger partial charge in [0.05, 0.1) is 0 Å². The summed E-state index contributed by atoms with van der Waals surface area (Å²) in [7, 11) is 0. The van der Waals surface area contributed by atoms with Crippen LogP contribution in [0, 0.1) is 6.92 Å². The number of piperazine rings is 1. The highest BCUT2D eigenvalue weighted by atomic mass is 19.4. The number of aliphatic carboxylic acids is 1. The molecule has 192 valence electrons. The zero-order chi connectivity index (χ0) is 26.3.